The second-order valence-electron chi connectivity index (χ2n) is 7.75. The minimum Gasteiger partial charge on any atom is -0.284 e. The lowest BCUT2D eigenvalue weighted by atomic mass is 10.2. The number of sulfonamides is 1. The van der Waals surface area contributed by atoms with Crippen LogP contribution in [0.4, 0.5) is 0 Å². The van der Waals surface area contributed by atoms with E-state index in [1.807, 2.05) is 34.9 Å². The Hall–Kier alpha value is -2.16. The SMILES string of the molecule is CN(C)S(=O)(=O)c1cccc(CSc2nc3ccccc3c(=O)n2C2CCCC2)c1. The molecule has 0 unspecified atom stereocenters. The second kappa shape index (κ2) is 8.53. The van der Waals surface area contributed by atoms with E-state index < -0.39 is 10.0 Å². The highest BCUT2D eigenvalue weighted by Crippen LogP contribution is 2.33. The highest BCUT2D eigenvalue weighted by Gasteiger charge is 2.23. The number of para-hydroxylation sites is 1. The number of hydrogen-bond donors (Lipinski definition) is 0. The van der Waals surface area contributed by atoms with Crippen LogP contribution >= 0.6 is 11.8 Å². The van der Waals surface area contributed by atoms with Crippen molar-refractivity contribution in [2.24, 2.45) is 0 Å². The van der Waals surface area contributed by atoms with Crippen LogP contribution in [0, 0.1) is 0 Å². The summed E-state index contributed by atoms with van der Waals surface area (Å²) in [6, 6.07) is 14.6. The molecule has 30 heavy (non-hydrogen) atoms. The molecule has 1 aliphatic rings. The van der Waals surface area contributed by atoms with Crippen LogP contribution in [0.2, 0.25) is 0 Å². The van der Waals surface area contributed by atoms with Crippen molar-refractivity contribution in [3.63, 3.8) is 0 Å². The van der Waals surface area contributed by atoms with Gasteiger partial charge in [-0.2, -0.15) is 0 Å². The van der Waals surface area contributed by atoms with Crippen LogP contribution in [-0.4, -0.2) is 36.4 Å². The van der Waals surface area contributed by atoms with Crippen LogP contribution < -0.4 is 5.56 Å². The van der Waals surface area contributed by atoms with E-state index in [9.17, 15) is 13.2 Å². The number of benzene rings is 2. The molecule has 0 aliphatic heterocycles. The van der Waals surface area contributed by atoms with Gasteiger partial charge in [-0.1, -0.05) is 48.9 Å². The van der Waals surface area contributed by atoms with E-state index in [0.29, 0.717) is 21.8 Å². The number of rotatable bonds is 6. The topological polar surface area (TPSA) is 72.3 Å². The van der Waals surface area contributed by atoms with Gasteiger partial charge in [0.25, 0.3) is 5.56 Å². The third-order valence-electron chi connectivity index (χ3n) is 5.51. The van der Waals surface area contributed by atoms with Crippen LogP contribution in [0.3, 0.4) is 0 Å². The predicted molar refractivity (Wildman–Crippen MR) is 120 cm³/mol. The fourth-order valence-electron chi connectivity index (χ4n) is 3.87. The summed E-state index contributed by atoms with van der Waals surface area (Å²) in [7, 11) is -0.438. The Morgan fingerprint density at radius 2 is 1.83 bits per heavy atom. The fraction of sp³-hybridized carbons (Fsp3) is 0.364. The van der Waals surface area contributed by atoms with Gasteiger partial charge in [-0.25, -0.2) is 17.7 Å². The largest absolute Gasteiger partial charge is 0.284 e. The van der Waals surface area contributed by atoms with Gasteiger partial charge in [0, 0.05) is 25.9 Å². The molecule has 1 aromatic heterocycles. The Morgan fingerprint density at radius 1 is 1.10 bits per heavy atom. The molecular formula is C22H25N3O3S2. The quantitative estimate of drug-likeness (QED) is 0.424. The van der Waals surface area contributed by atoms with Gasteiger partial charge >= 0.3 is 0 Å². The van der Waals surface area contributed by atoms with Crippen molar-refractivity contribution >= 4 is 32.7 Å². The Morgan fingerprint density at radius 3 is 2.57 bits per heavy atom. The molecule has 1 saturated carbocycles. The average Bonchev–Trinajstić information content (AvgIpc) is 3.27. The zero-order valence-corrected chi connectivity index (χ0v) is 18.7. The van der Waals surface area contributed by atoms with Crippen LogP contribution in [0.1, 0.15) is 37.3 Å². The molecule has 0 bridgehead atoms. The van der Waals surface area contributed by atoms with Gasteiger partial charge in [0.15, 0.2) is 5.16 Å². The molecular weight excluding hydrogens is 418 g/mol. The second-order valence-corrected chi connectivity index (χ2v) is 10.8. The van der Waals surface area contributed by atoms with E-state index in [-0.39, 0.29) is 16.5 Å². The van der Waals surface area contributed by atoms with Gasteiger partial charge in [0.2, 0.25) is 10.0 Å². The minimum absolute atomic E-state index is 0.0129. The first-order valence-electron chi connectivity index (χ1n) is 10.0. The third-order valence-corrected chi connectivity index (χ3v) is 8.35. The highest BCUT2D eigenvalue weighted by molar-refractivity contribution is 7.98. The van der Waals surface area contributed by atoms with E-state index in [1.165, 1.54) is 30.2 Å². The van der Waals surface area contributed by atoms with Crippen LogP contribution in [0.15, 0.2) is 63.4 Å². The number of nitrogens with zero attached hydrogens (tertiary/aromatic N) is 3. The predicted octanol–water partition coefficient (Wildman–Crippen LogP) is 4.05. The van der Waals surface area contributed by atoms with Crippen molar-refractivity contribution in [1.29, 1.82) is 0 Å². The van der Waals surface area contributed by atoms with Crippen molar-refractivity contribution in [2.75, 3.05) is 14.1 Å². The van der Waals surface area contributed by atoms with Crippen molar-refractivity contribution in [2.45, 2.75) is 47.5 Å². The summed E-state index contributed by atoms with van der Waals surface area (Å²) in [6.45, 7) is 0. The molecule has 2 aromatic carbocycles. The van der Waals surface area contributed by atoms with Crippen molar-refractivity contribution < 1.29 is 8.42 Å². The molecule has 0 atom stereocenters. The molecule has 158 valence electrons. The monoisotopic (exact) mass is 443 g/mol. The van der Waals surface area contributed by atoms with E-state index in [4.69, 9.17) is 4.98 Å². The Bertz CT molecular complexity index is 1230. The fourth-order valence-corrected chi connectivity index (χ4v) is 5.85. The number of fused-ring (bicyclic) bond motifs is 1. The van der Waals surface area contributed by atoms with E-state index >= 15 is 0 Å². The lowest BCUT2D eigenvalue weighted by Crippen LogP contribution is -2.26. The first-order valence-corrected chi connectivity index (χ1v) is 12.5. The van der Waals surface area contributed by atoms with Gasteiger partial charge in [-0.05, 0) is 42.7 Å². The van der Waals surface area contributed by atoms with Gasteiger partial charge < -0.3 is 0 Å². The number of hydrogen-bond acceptors (Lipinski definition) is 5. The van der Waals surface area contributed by atoms with Crippen LogP contribution in [0.25, 0.3) is 10.9 Å². The summed E-state index contributed by atoms with van der Waals surface area (Å²) in [5.74, 6) is 0.536. The van der Waals surface area contributed by atoms with E-state index in [2.05, 4.69) is 0 Å². The Kier molecular flexibility index (Phi) is 5.99. The molecule has 8 heteroatoms. The summed E-state index contributed by atoms with van der Waals surface area (Å²) in [5, 5.41) is 1.35. The van der Waals surface area contributed by atoms with Crippen LogP contribution in [-0.2, 0) is 15.8 Å². The minimum atomic E-state index is -3.49. The zero-order chi connectivity index (χ0) is 21.3. The maximum Gasteiger partial charge on any atom is 0.262 e. The van der Waals surface area contributed by atoms with Gasteiger partial charge in [0.1, 0.15) is 0 Å². The molecule has 6 nitrogen and oxygen atoms in total. The van der Waals surface area contributed by atoms with E-state index in [0.717, 1.165) is 31.2 Å². The maximum atomic E-state index is 13.2. The molecule has 0 radical (unpaired) electrons. The maximum absolute atomic E-state index is 13.2. The molecule has 1 fully saturated rings. The lowest BCUT2D eigenvalue weighted by molar-refractivity contribution is 0.457. The molecule has 4 rings (SSSR count). The number of thioether (sulfide) groups is 1. The van der Waals surface area contributed by atoms with Crippen molar-refractivity contribution in [3.8, 4) is 0 Å². The molecule has 0 spiro atoms. The van der Waals surface area contributed by atoms with Crippen LogP contribution in [0.5, 0.6) is 0 Å². The molecule has 0 N–H and O–H groups in total. The molecule has 1 aliphatic carbocycles. The summed E-state index contributed by atoms with van der Waals surface area (Å²) in [4.78, 5) is 18.3. The summed E-state index contributed by atoms with van der Waals surface area (Å²) in [6.07, 6.45) is 4.23. The number of aromatic nitrogens is 2. The summed E-state index contributed by atoms with van der Waals surface area (Å²) >= 11 is 1.49. The molecule has 0 amide bonds. The molecule has 3 aromatic rings. The standard InChI is InChI=1S/C22H25N3O3S2/c1-24(2)30(27,28)18-11-7-8-16(14-18)15-29-22-23-20-13-6-5-12-19(20)21(26)25(22)17-9-3-4-10-17/h5-8,11-14,17H,3-4,9-10,15H2,1-2H3. The van der Waals surface area contributed by atoms with Gasteiger partial charge in [0.05, 0.1) is 15.8 Å². The smallest absolute Gasteiger partial charge is 0.262 e. The summed E-state index contributed by atoms with van der Waals surface area (Å²) < 4.78 is 27.9. The van der Waals surface area contributed by atoms with Gasteiger partial charge in [-0.15, -0.1) is 0 Å². The average molecular weight is 444 g/mol. The van der Waals surface area contributed by atoms with Crippen molar-refractivity contribution in [1.82, 2.24) is 13.9 Å². The first kappa shape index (κ1) is 21.1. The summed E-state index contributed by atoms with van der Waals surface area (Å²) in [5.41, 5.74) is 1.59. The first-order chi connectivity index (χ1) is 14.4. The van der Waals surface area contributed by atoms with Crippen molar-refractivity contribution in [3.05, 3.63) is 64.4 Å². The Balaban J connectivity index is 1.69. The Labute approximate surface area is 181 Å². The zero-order valence-electron chi connectivity index (χ0n) is 17.1. The molecule has 1 heterocycles. The highest BCUT2D eigenvalue weighted by atomic mass is 32.2. The normalized spacial score (nSPS) is 15.3. The lowest BCUT2D eigenvalue weighted by Gasteiger charge is -2.18. The van der Waals surface area contributed by atoms with Gasteiger partial charge in [-0.3, -0.25) is 9.36 Å². The molecule has 0 saturated heterocycles. The van der Waals surface area contributed by atoms with E-state index in [1.54, 1.807) is 18.2 Å². The third kappa shape index (κ3) is 4.04.